The number of fused-ring (bicyclic) bond motifs is 9. The van der Waals surface area contributed by atoms with Crippen molar-refractivity contribution in [3.63, 3.8) is 0 Å². The standard InChI is InChI=1S/C24H17N3O2/c28-23-19-17-13-7-1-3-9-15(13)26-11-5-6-12-27-16-10-4-2-8-14(16)18(22(27)21(17)26)20(19)24(29)25-23/h1-4,7-10H,5-6,11-12H2,(H,25,28,29). The molecule has 4 heterocycles. The Kier molecular flexibility index (Phi) is 2.67. The van der Waals surface area contributed by atoms with E-state index in [1.54, 1.807) is 0 Å². The molecule has 0 bridgehead atoms. The summed E-state index contributed by atoms with van der Waals surface area (Å²) in [4.78, 5) is 25.9. The number of amides is 2. The molecule has 0 fully saturated rings. The van der Waals surface area contributed by atoms with Crippen molar-refractivity contribution in [3.8, 4) is 0 Å². The summed E-state index contributed by atoms with van der Waals surface area (Å²) in [5, 5.41) is 6.49. The minimum Gasteiger partial charge on any atom is -0.339 e. The molecule has 0 saturated heterocycles. The first kappa shape index (κ1) is 15.3. The van der Waals surface area contributed by atoms with Crippen molar-refractivity contribution < 1.29 is 9.59 Å². The van der Waals surface area contributed by atoms with Gasteiger partial charge in [-0.2, -0.15) is 0 Å². The van der Waals surface area contributed by atoms with Gasteiger partial charge in [0.05, 0.1) is 22.2 Å². The smallest absolute Gasteiger partial charge is 0.259 e. The van der Waals surface area contributed by atoms with Gasteiger partial charge in [-0.05, 0) is 25.0 Å². The van der Waals surface area contributed by atoms with Gasteiger partial charge in [0.2, 0.25) is 0 Å². The number of hydrogen-bond donors (Lipinski definition) is 1. The van der Waals surface area contributed by atoms with Crippen LogP contribution in [0.5, 0.6) is 0 Å². The van der Waals surface area contributed by atoms with Crippen molar-refractivity contribution in [3.05, 3.63) is 59.7 Å². The highest BCUT2D eigenvalue weighted by atomic mass is 16.2. The molecule has 5 heteroatoms. The lowest BCUT2D eigenvalue weighted by molar-refractivity contribution is 0.0880. The molecule has 3 aromatic carbocycles. The molecule has 2 aromatic heterocycles. The monoisotopic (exact) mass is 379 g/mol. The first-order chi connectivity index (χ1) is 14.3. The van der Waals surface area contributed by atoms with Crippen molar-refractivity contribution in [1.29, 1.82) is 0 Å². The second kappa shape index (κ2) is 5.06. The van der Waals surface area contributed by atoms with Crippen LogP contribution in [0.1, 0.15) is 33.6 Å². The van der Waals surface area contributed by atoms with Crippen molar-refractivity contribution >= 4 is 55.4 Å². The number of nitrogens with one attached hydrogen (secondary N) is 1. The summed E-state index contributed by atoms with van der Waals surface area (Å²) < 4.78 is 4.72. The summed E-state index contributed by atoms with van der Waals surface area (Å²) >= 11 is 0. The van der Waals surface area contributed by atoms with E-state index in [0.29, 0.717) is 11.1 Å². The molecule has 0 unspecified atom stereocenters. The fourth-order valence-electron chi connectivity index (χ4n) is 5.54. The van der Waals surface area contributed by atoms with Crippen LogP contribution in [-0.4, -0.2) is 20.9 Å². The predicted octanol–water partition coefficient (Wildman–Crippen LogP) is 4.58. The van der Waals surface area contributed by atoms with E-state index >= 15 is 0 Å². The normalized spacial score (nSPS) is 16.1. The maximum absolute atomic E-state index is 13.0. The van der Waals surface area contributed by atoms with Crippen LogP contribution in [0.3, 0.4) is 0 Å². The zero-order chi connectivity index (χ0) is 19.3. The maximum Gasteiger partial charge on any atom is 0.259 e. The van der Waals surface area contributed by atoms with E-state index in [9.17, 15) is 9.59 Å². The molecule has 2 aliphatic heterocycles. The fraction of sp³-hybridized carbons (Fsp3) is 0.167. The van der Waals surface area contributed by atoms with Gasteiger partial charge in [0, 0.05) is 45.7 Å². The molecule has 0 spiro atoms. The van der Waals surface area contributed by atoms with Gasteiger partial charge in [0.25, 0.3) is 11.8 Å². The number of hydrogen-bond acceptors (Lipinski definition) is 2. The number of rotatable bonds is 0. The second-order valence-corrected chi connectivity index (χ2v) is 8.03. The van der Waals surface area contributed by atoms with E-state index in [1.807, 2.05) is 24.3 Å². The van der Waals surface area contributed by atoms with Crippen LogP contribution in [0.4, 0.5) is 0 Å². The molecule has 0 saturated carbocycles. The molecule has 29 heavy (non-hydrogen) atoms. The maximum atomic E-state index is 13.0. The van der Waals surface area contributed by atoms with Crippen LogP contribution in [0.15, 0.2) is 48.5 Å². The van der Waals surface area contributed by atoms with Gasteiger partial charge in [0.15, 0.2) is 0 Å². The lowest BCUT2D eigenvalue weighted by Crippen LogP contribution is -2.20. The van der Waals surface area contributed by atoms with Gasteiger partial charge >= 0.3 is 0 Å². The van der Waals surface area contributed by atoms with Crippen molar-refractivity contribution in [2.75, 3.05) is 0 Å². The summed E-state index contributed by atoms with van der Waals surface area (Å²) in [7, 11) is 0. The number of aromatic nitrogens is 2. The van der Waals surface area contributed by atoms with Gasteiger partial charge in [-0.1, -0.05) is 36.4 Å². The highest BCUT2D eigenvalue weighted by molar-refractivity contribution is 6.39. The predicted molar refractivity (Wildman–Crippen MR) is 113 cm³/mol. The minimum atomic E-state index is -0.284. The Morgan fingerprint density at radius 2 is 1.10 bits per heavy atom. The largest absolute Gasteiger partial charge is 0.339 e. The number of imide groups is 1. The lowest BCUT2D eigenvalue weighted by Gasteiger charge is -2.16. The Morgan fingerprint density at radius 3 is 1.59 bits per heavy atom. The Bertz CT molecular complexity index is 1450. The number of carbonyl (C=O) groups is 2. The SMILES string of the molecule is O=C1NC(=O)c2c1c1c3ccccc3n3c1c1c2c2ccccc2n1CCCC3. The van der Waals surface area contributed by atoms with Gasteiger partial charge < -0.3 is 9.13 Å². The number of nitrogens with zero attached hydrogens (tertiary/aromatic N) is 2. The first-order valence-electron chi connectivity index (χ1n) is 10.1. The van der Waals surface area contributed by atoms with E-state index in [4.69, 9.17) is 0 Å². The summed E-state index contributed by atoms with van der Waals surface area (Å²) in [6.45, 7) is 1.82. The van der Waals surface area contributed by atoms with E-state index in [0.717, 1.165) is 69.5 Å². The Balaban J connectivity index is 1.93. The topological polar surface area (TPSA) is 56.0 Å². The molecule has 5 aromatic rings. The highest BCUT2D eigenvalue weighted by Crippen LogP contribution is 2.45. The third-order valence-electron chi connectivity index (χ3n) is 6.61. The second-order valence-electron chi connectivity index (χ2n) is 8.03. The Morgan fingerprint density at radius 1 is 0.655 bits per heavy atom. The molecular formula is C24H17N3O2. The average Bonchev–Trinajstić information content (AvgIpc) is 3.31. The summed E-state index contributed by atoms with van der Waals surface area (Å²) in [6, 6.07) is 16.5. The molecule has 2 amide bonds. The van der Waals surface area contributed by atoms with Crippen LogP contribution in [0.2, 0.25) is 0 Å². The van der Waals surface area contributed by atoms with Gasteiger partial charge in [-0.25, -0.2) is 0 Å². The zero-order valence-corrected chi connectivity index (χ0v) is 15.7. The molecule has 5 nitrogen and oxygen atoms in total. The van der Waals surface area contributed by atoms with Crippen LogP contribution in [0.25, 0.3) is 43.6 Å². The Hall–Kier alpha value is -3.60. The molecular weight excluding hydrogens is 362 g/mol. The van der Waals surface area contributed by atoms with Crippen LogP contribution < -0.4 is 5.32 Å². The molecule has 0 radical (unpaired) electrons. The molecule has 0 aliphatic carbocycles. The minimum absolute atomic E-state index is 0.284. The lowest BCUT2D eigenvalue weighted by atomic mass is 9.96. The van der Waals surface area contributed by atoms with Crippen molar-refractivity contribution in [2.24, 2.45) is 0 Å². The summed E-state index contributed by atoms with van der Waals surface area (Å²) in [5.74, 6) is -0.567. The summed E-state index contributed by atoms with van der Waals surface area (Å²) in [6.07, 6.45) is 2.15. The van der Waals surface area contributed by atoms with E-state index in [2.05, 4.69) is 38.7 Å². The molecule has 0 atom stereocenters. The average molecular weight is 379 g/mol. The third kappa shape index (κ3) is 1.68. The fourth-order valence-corrected chi connectivity index (χ4v) is 5.54. The first-order valence-corrected chi connectivity index (χ1v) is 10.1. The van der Waals surface area contributed by atoms with Crippen molar-refractivity contribution in [1.82, 2.24) is 14.5 Å². The summed E-state index contributed by atoms with van der Waals surface area (Å²) in [5.41, 5.74) is 5.50. The molecule has 7 rings (SSSR count). The van der Waals surface area contributed by atoms with E-state index in [1.165, 1.54) is 0 Å². The van der Waals surface area contributed by atoms with Crippen LogP contribution in [0, 0.1) is 0 Å². The van der Waals surface area contributed by atoms with Gasteiger partial charge in [-0.15, -0.1) is 0 Å². The number of aryl methyl sites for hydroxylation is 2. The zero-order valence-electron chi connectivity index (χ0n) is 15.7. The molecule has 1 N–H and O–H groups in total. The third-order valence-corrected chi connectivity index (χ3v) is 6.61. The molecule has 2 aliphatic rings. The van der Waals surface area contributed by atoms with E-state index < -0.39 is 0 Å². The number of para-hydroxylation sites is 2. The van der Waals surface area contributed by atoms with Crippen LogP contribution >= 0.6 is 0 Å². The van der Waals surface area contributed by atoms with Gasteiger partial charge in [-0.3, -0.25) is 14.9 Å². The van der Waals surface area contributed by atoms with Crippen molar-refractivity contribution in [2.45, 2.75) is 25.9 Å². The van der Waals surface area contributed by atoms with Gasteiger partial charge in [0.1, 0.15) is 0 Å². The van der Waals surface area contributed by atoms with E-state index in [-0.39, 0.29) is 11.8 Å². The number of benzene rings is 3. The molecule has 140 valence electrons. The highest BCUT2D eigenvalue weighted by Gasteiger charge is 2.36. The van der Waals surface area contributed by atoms with Crippen LogP contribution in [-0.2, 0) is 13.1 Å². The number of carbonyl (C=O) groups excluding carboxylic acids is 2. The Labute approximate surface area is 165 Å². The quantitative estimate of drug-likeness (QED) is 0.401.